The van der Waals surface area contributed by atoms with E-state index in [-0.39, 0.29) is 11.8 Å². The van der Waals surface area contributed by atoms with Gasteiger partial charge in [0.2, 0.25) is 5.91 Å². The van der Waals surface area contributed by atoms with Gasteiger partial charge in [-0.1, -0.05) is 19.1 Å². The normalized spacial score (nSPS) is 15.5. The van der Waals surface area contributed by atoms with E-state index in [1.54, 1.807) is 6.92 Å². The SMILES string of the molecule is CC(=O)N1CCc2c(C(C)CC=O)cccc21. The second kappa shape index (κ2) is 4.70. The van der Waals surface area contributed by atoms with E-state index in [1.165, 1.54) is 11.1 Å². The highest BCUT2D eigenvalue weighted by Crippen LogP contribution is 2.34. The van der Waals surface area contributed by atoms with Crippen molar-refractivity contribution in [3.05, 3.63) is 29.3 Å². The molecular weight excluding hydrogens is 214 g/mol. The number of aldehydes is 1. The van der Waals surface area contributed by atoms with E-state index in [0.717, 1.165) is 24.9 Å². The van der Waals surface area contributed by atoms with E-state index < -0.39 is 0 Å². The lowest BCUT2D eigenvalue weighted by Crippen LogP contribution is -2.25. The van der Waals surface area contributed by atoms with Crippen LogP contribution in [0.15, 0.2) is 18.2 Å². The zero-order chi connectivity index (χ0) is 12.4. The largest absolute Gasteiger partial charge is 0.312 e. The molecule has 0 saturated carbocycles. The van der Waals surface area contributed by atoms with Gasteiger partial charge < -0.3 is 9.69 Å². The molecule has 1 atom stereocenters. The van der Waals surface area contributed by atoms with Crippen LogP contribution < -0.4 is 4.90 Å². The first-order valence-electron chi connectivity index (χ1n) is 5.98. The van der Waals surface area contributed by atoms with Crippen LogP contribution in [0.2, 0.25) is 0 Å². The highest BCUT2D eigenvalue weighted by molar-refractivity contribution is 5.94. The van der Waals surface area contributed by atoms with Gasteiger partial charge in [0.05, 0.1) is 0 Å². The molecule has 1 amide bonds. The molecule has 0 aromatic heterocycles. The topological polar surface area (TPSA) is 37.4 Å². The van der Waals surface area contributed by atoms with Crippen LogP contribution in [0.25, 0.3) is 0 Å². The van der Waals surface area contributed by atoms with Crippen LogP contribution in [0, 0.1) is 0 Å². The third kappa shape index (κ3) is 2.09. The highest BCUT2D eigenvalue weighted by Gasteiger charge is 2.25. The third-order valence-electron chi connectivity index (χ3n) is 3.42. The summed E-state index contributed by atoms with van der Waals surface area (Å²) in [6.45, 7) is 4.41. The maximum absolute atomic E-state index is 11.5. The molecule has 0 N–H and O–H groups in total. The molecule has 2 rings (SSSR count). The molecular formula is C14H17NO2. The molecule has 1 aliphatic rings. The summed E-state index contributed by atoms with van der Waals surface area (Å²) in [6, 6.07) is 6.02. The first kappa shape index (κ1) is 11.8. The van der Waals surface area contributed by atoms with Gasteiger partial charge in [0.15, 0.2) is 0 Å². The van der Waals surface area contributed by atoms with E-state index in [1.807, 2.05) is 17.0 Å². The molecule has 1 aromatic rings. The molecule has 1 aliphatic heterocycles. The Morgan fingerprint density at radius 3 is 2.94 bits per heavy atom. The lowest BCUT2D eigenvalue weighted by Gasteiger charge is -2.17. The van der Waals surface area contributed by atoms with E-state index in [9.17, 15) is 9.59 Å². The zero-order valence-corrected chi connectivity index (χ0v) is 10.3. The number of carbonyl (C=O) groups excluding carboxylic acids is 2. The van der Waals surface area contributed by atoms with Crippen molar-refractivity contribution < 1.29 is 9.59 Å². The molecule has 90 valence electrons. The van der Waals surface area contributed by atoms with E-state index in [2.05, 4.69) is 13.0 Å². The average molecular weight is 231 g/mol. The Bertz CT molecular complexity index is 454. The molecule has 1 unspecified atom stereocenters. The van der Waals surface area contributed by atoms with Gasteiger partial charge in [-0.05, 0) is 29.5 Å². The fourth-order valence-corrected chi connectivity index (χ4v) is 2.52. The van der Waals surface area contributed by atoms with Crippen molar-refractivity contribution in [2.24, 2.45) is 0 Å². The quantitative estimate of drug-likeness (QED) is 0.748. The minimum atomic E-state index is 0.0870. The Hall–Kier alpha value is -1.64. The molecule has 17 heavy (non-hydrogen) atoms. The van der Waals surface area contributed by atoms with E-state index in [0.29, 0.717) is 6.42 Å². The number of nitrogens with zero attached hydrogens (tertiary/aromatic N) is 1. The van der Waals surface area contributed by atoms with Crippen molar-refractivity contribution in [2.45, 2.75) is 32.6 Å². The van der Waals surface area contributed by atoms with Gasteiger partial charge >= 0.3 is 0 Å². The van der Waals surface area contributed by atoms with Crippen molar-refractivity contribution in [1.29, 1.82) is 0 Å². The van der Waals surface area contributed by atoms with Gasteiger partial charge in [-0.15, -0.1) is 0 Å². The summed E-state index contributed by atoms with van der Waals surface area (Å²) >= 11 is 0. The first-order chi connectivity index (χ1) is 8.15. The molecule has 0 saturated heterocycles. The number of anilines is 1. The monoisotopic (exact) mass is 231 g/mol. The number of hydrogen-bond acceptors (Lipinski definition) is 2. The Labute approximate surface area is 101 Å². The van der Waals surface area contributed by atoms with Gasteiger partial charge in [-0.25, -0.2) is 0 Å². The van der Waals surface area contributed by atoms with Crippen molar-refractivity contribution in [1.82, 2.24) is 0 Å². The summed E-state index contributed by atoms with van der Waals surface area (Å²) in [6.07, 6.45) is 2.40. The van der Waals surface area contributed by atoms with Gasteiger partial charge in [-0.2, -0.15) is 0 Å². The van der Waals surface area contributed by atoms with Crippen molar-refractivity contribution in [2.75, 3.05) is 11.4 Å². The predicted molar refractivity (Wildman–Crippen MR) is 67.3 cm³/mol. The fraction of sp³-hybridized carbons (Fsp3) is 0.429. The number of amides is 1. The summed E-state index contributed by atoms with van der Waals surface area (Å²) in [5.41, 5.74) is 3.46. The maximum Gasteiger partial charge on any atom is 0.223 e. The standard InChI is InChI=1S/C14H17NO2/c1-10(7-9-16)12-4-3-5-14-13(12)6-8-15(14)11(2)17/h3-5,9-10H,6-8H2,1-2H3. The summed E-state index contributed by atoms with van der Waals surface area (Å²) in [7, 11) is 0. The lowest BCUT2D eigenvalue weighted by atomic mass is 9.92. The number of rotatable bonds is 3. The van der Waals surface area contributed by atoms with Crippen molar-refractivity contribution in [3.63, 3.8) is 0 Å². The number of fused-ring (bicyclic) bond motifs is 1. The van der Waals surface area contributed by atoms with Crippen LogP contribution in [-0.2, 0) is 16.0 Å². The lowest BCUT2D eigenvalue weighted by molar-refractivity contribution is -0.116. The molecule has 0 radical (unpaired) electrons. The van der Waals surface area contributed by atoms with Crippen molar-refractivity contribution >= 4 is 17.9 Å². The first-order valence-corrected chi connectivity index (χ1v) is 5.98. The Balaban J connectivity index is 2.39. The van der Waals surface area contributed by atoms with E-state index >= 15 is 0 Å². The summed E-state index contributed by atoms with van der Waals surface area (Å²) < 4.78 is 0. The van der Waals surface area contributed by atoms with E-state index in [4.69, 9.17) is 0 Å². The molecule has 3 nitrogen and oxygen atoms in total. The van der Waals surface area contributed by atoms with Crippen molar-refractivity contribution in [3.8, 4) is 0 Å². The van der Waals surface area contributed by atoms with Crippen LogP contribution in [0.1, 0.15) is 37.3 Å². The van der Waals surface area contributed by atoms with Crippen LogP contribution in [-0.4, -0.2) is 18.7 Å². The maximum atomic E-state index is 11.5. The second-order valence-electron chi connectivity index (χ2n) is 4.57. The second-order valence-corrected chi connectivity index (χ2v) is 4.57. The smallest absolute Gasteiger partial charge is 0.223 e. The van der Waals surface area contributed by atoms with Gasteiger partial charge in [-0.3, -0.25) is 4.79 Å². The van der Waals surface area contributed by atoms with Gasteiger partial charge in [0, 0.05) is 25.6 Å². The van der Waals surface area contributed by atoms with Gasteiger partial charge in [0.25, 0.3) is 0 Å². The minimum Gasteiger partial charge on any atom is -0.312 e. The van der Waals surface area contributed by atoms with Crippen LogP contribution in [0.5, 0.6) is 0 Å². The third-order valence-corrected chi connectivity index (χ3v) is 3.42. The number of hydrogen-bond donors (Lipinski definition) is 0. The molecule has 0 aliphatic carbocycles. The predicted octanol–water partition coefficient (Wildman–Crippen LogP) is 2.29. The minimum absolute atomic E-state index is 0.0870. The Morgan fingerprint density at radius 1 is 1.53 bits per heavy atom. The zero-order valence-electron chi connectivity index (χ0n) is 10.3. The summed E-state index contributed by atoms with van der Waals surface area (Å²) in [4.78, 5) is 23.9. The Kier molecular flexibility index (Phi) is 3.27. The Morgan fingerprint density at radius 2 is 2.29 bits per heavy atom. The molecule has 0 spiro atoms. The molecule has 1 heterocycles. The molecule has 1 aromatic carbocycles. The molecule has 0 bridgehead atoms. The number of carbonyl (C=O) groups is 2. The van der Waals surface area contributed by atoms with Crippen LogP contribution >= 0.6 is 0 Å². The summed E-state index contributed by atoms with van der Waals surface area (Å²) in [5.74, 6) is 0.318. The van der Waals surface area contributed by atoms with Gasteiger partial charge in [0.1, 0.15) is 6.29 Å². The summed E-state index contributed by atoms with van der Waals surface area (Å²) in [5, 5.41) is 0. The average Bonchev–Trinajstić information content (AvgIpc) is 2.72. The van der Waals surface area contributed by atoms with Crippen LogP contribution in [0.3, 0.4) is 0 Å². The van der Waals surface area contributed by atoms with Crippen LogP contribution in [0.4, 0.5) is 5.69 Å². The fourth-order valence-electron chi connectivity index (χ4n) is 2.52. The molecule has 3 heteroatoms. The number of benzene rings is 1. The molecule has 0 fully saturated rings. The highest BCUT2D eigenvalue weighted by atomic mass is 16.2.